The summed E-state index contributed by atoms with van der Waals surface area (Å²) in [4.78, 5) is 48.6. The van der Waals surface area contributed by atoms with Gasteiger partial charge in [0.1, 0.15) is 30.5 Å². The van der Waals surface area contributed by atoms with E-state index in [1.807, 2.05) is 112 Å². The molecule has 2 aromatic heterocycles. The van der Waals surface area contributed by atoms with Crippen molar-refractivity contribution < 1.29 is 64.0 Å². The van der Waals surface area contributed by atoms with E-state index in [1.165, 1.54) is 24.3 Å². The fraction of sp³-hybridized carbons (Fsp3) is 0.257. The number of aromatic nitrogens is 4. The molecule has 0 spiro atoms. The number of nitrogen functional groups attached to an aromatic ring is 1. The summed E-state index contributed by atoms with van der Waals surface area (Å²) in [6.45, 7) is 9.05. The lowest BCUT2D eigenvalue weighted by atomic mass is 9.98. The first kappa shape index (κ1) is 72.9. The highest BCUT2D eigenvalue weighted by Crippen LogP contribution is 2.37. The van der Waals surface area contributed by atoms with E-state index in [-0.39, 0.29) is 48.8 Å². The van der Waals surface area contributed by atoms with Crippen molar-refractivity contribution in [1.29, 1.82) is 0 Å². The van der Waals surface area contributed by atoms with Crippen LogP contribution in [0.15, 0.2) is 189 Å². The molecule has 0 amide bonds. The van der Waals surface area contributed by atoms with Crippen molar-refractivity contribution in [3.63, 3.8) is 0 Å². The van der Waals surface area contributed by atoms with Crippen LogP contribution in [0.2, 0.25) is 0 Å². The third kappa shape index (κ3) is 22.6. The third-order valence-electron chi connectivity index (χ3n) is 14.4. The molecular weight excluding hydrogens is 1360 g/mol. The summed E-state index contributed by atoms with van der Waals surface area (Å²) in [6.07, 6.45) is 10.0. The number of hydrogen-bond donors (Lipinski definition) is 3. The van der Waals surface area contributed by atoms with E-state index in [0.29, 0.717) is 65.4 Å². The lowest BCUT2D eigenvalue weighted by Gasteiger charge is -2.33. The smallest absolute Gasteiger partial charge is 0.332 e. The predicted octanol–water partition coefficient (Wildman–Crippen LogP) is 16.2. The fourth-order valence-electron chi connectivity index (χ4n) is 9.87. The number of anilines is 11. The average Bonchev–Trinajstić information content (AvgIpc) is 0.808. The van der Waals surface area contributed by atoms with E-state index in [1.54, 1.807) is 34.6 Å². The molecule has 4 N–H and O–H groups in total. The molecule has 2 aliphatic rings. The van der Waals surface area contributed by atoms with Gasteiger partial charge in [0.05, 0.1) is 49.4 Å². The molecule has 0 radical (unpaired) electrons. The Labute approximate surface area is 562 Å². The van der Waals surface area contributed by atoms with E-state index in [9.17, 15) is 44.7 Å². The number of hydrogen-bond acceptors (Lipinski definition) is 15. The quantitative estimate of drug-likeness (QED) is 0.0319. The number of esters is 1. The monoisotopic (exact) mass is 1430 g/mol. The highest BCUT2D eigenvalue weighted by Gasteiger charge is 2.26. The second-order valence-corrected chi connectivity index (χ2v) is 22.7. The summed E-state index contributed by atoms with van der Waals surface area (Å²) >= 11 is 0. The number of nitrogens with zero attached hydrogens (tertiary/aromatic N) is 8. The topological polar surface area (TPSA) is 185 Å². The number of carbonyl (C=O) groups is 2. The van der Waals surface area contributed by atoms with Crippen LogP contribution in [0.3, 0.4) is 0 Å². The fourth-order valence-corrected chi connectivity index (χ4v) is 9.87. The van der Waals surface area contributed by atoms with Gasteiger partial charge < -0.3 is 40.2 Å². The zero-order valence-electron chi connectivity index (χ0n) is 52.1. The van der Waals surface area contributed by atoms with Gasteiger partial charge in [0.15, 0.2) is 58.2 Å². The lowest BCUT2D eigenvalue weighted by Crippen LogP contribution is -2.36. The maximum Gasteiger partial charge on any atom is 0.332 e. The molecule has 2 saturated heterocycles. The van der Waals surface area contributed by atoms with Crippen molar-refractivity contribution in [2.24, 2.45) is 11.8 Å². The number of carbonyl (C=O) groups excluding carboxylic acids is 1. The number of carboxylic acid groups (broad SMARTS) is 1. The summed E-state index contributed by atoms with van der Waals surface area (Å²) in [7, 11) is 0. The van der Waals surface area contributed by atoms with Crippen LogP contribution in [-0.4, -0.2) is 95.2 Å². The predicted molar refractivity (Wildman–Crippen MR) is 361 cm³/mol. The van der Waals surface area contributed by atoms with Crippen molar-refractivity contribution in [2.45, 2.75) is 52.1 Å². The van der Waals surface area contributed by atoms with Crippen LogP contribution in [-0.2, 0) is 23.8 Å². The maximum absolute atomic E-state index is 14.1. The van der Waals surface area contributed by atoms with Gasteiger partial charge >= 0.3 is 11.9 Å². The van der Waals surface area contributed by atoms with Crippen molar-refractivity contribution in [3.05, 3.63) is 235 Å². The zero-order valence-corrected chi connectivity index (χ0v) is 54.4. The molecule has 4 heterocycles. The lowest BCUT2D eigenvalue weighted by molar-refractivity contribution is -0.160. The Balaban J connectivity index is 0.000000199. The van der Waals surface area contributed by atoms with Crippen LogP contribution in [0, 0.1) is 58.4 Å². The minimum atomic E-state index is -0.969. The number of benzene rings is 7. The molecule has 2 fully saturated rings. The number of para-hydroxylation sites is 3. The van der Waals surface area contributed by atoms with Gasteiger partial charge in [0.25, 0.3) is 0 Å². The Hall–Kier alpha value is -9.47. The van der Waals surface area contributed by atoms with Gasteiger partial charge in [-0.25, -0.2) is 54.7 Å². The van der Waals surface area contributed by atoms with Gasteiger partial charge in [-0.3, -0.25) is 19.8 Å². The summed E-state index contributed by atoms with van der Waals surface area (Å²) in [6, 6.07) is 42.4. The largest absolute Gasteiger partial charge is 0.480 e. The van der Waals surface area contributed by atoms with Crippen LogP contribution in [0.4, 0.5) is 98.2 Å². The molecule has 0 saturated carbocycles. The molecule has 95 heavy (non-hydrogen) atoms. The molecular formula is C70H71F8IN10O6. The molecule has 9 aromatic rings. The zero-order chi connectivity index (χ0) is 67.2. The first-order valence-corrected chi connectivity index (χ1v) is 30.0. The summed E-state index contributed by atoms with van der Waals surface area (Å²) in [5.74, 6) is -5.50. The number of nitrogens with two attached hydrogens (primary N) is 1. The van der Waals surface area contributed by atoms with Crippen molar-refractivity contribution in [1.82, 2.24) is 19.9 Å². The molecule has 25 heteroatoms. The number of piperidine rings is 2. The van der Waals surface area contributed by atoms with Crippen molar-refractivity contribution in [2.75, 3.05) is 83.3 Å². The first-order chi connectivity index (χ1) is 45.2. The summed E-state index contributed by atoms with van der Waals surface area (Å²) in [5.41, 5.74) is 8.55. The van der Waals surface area contributed by atoms with Gasteiger partial charge in [0.2, 0.25) is 0 Å². The van der Waals surface area contributed by atoms with Crippen LogP contribution in [0.1, 0.15) is 46.5 Å². The maximum atomic E-state index is 14.1. The second kappa shape index (κ2) is 35.7. The minimum Gasteiger partial charge on any atom is -0.480 e. The highest BCUT2D eigenvalue weighted by molar-refractivity contribution is 14.0. The van der Waals surface area contributed by atoms with Crippen molar-refractivity contribution in [3.8, 4) is 0 Å². The number of aliphatic carboxylic acids is 1. The third-order valence-corrected chi connectivity index (χ3v) is 14.4. The Bertz CT molecular complexity index is 3900. The molecule has 16 nitrogen and oxygen atoms in total. The molecule has 11 rings (SSSR count). The molecule has 7 aromatic carbocycles. The second-order valence-electron chi connectivity index (χ2n) is 22.7. The van der Waals surface area contributed by atoms with Gasteiger partial charge in [-0.15, -0.1) is 24.0 Å². The highest BCUT2D eigenvalue weighted by atomic mass is 127. The molecule has 0 unspecified atom stereocenters. The molecule has 500 valence electrons. The SMILES string of the molecule is CC(C)(C)OC(=O)COCC1CCN(c2cncc(N(c3ccccc3)c3ccc(F)c(F)c3)n2)CC1.Fc1ccc(Nc2ccccc2)cc1F.I.Nc1ccc(F)c(F)c1.O=C(O)COCC1CCN(c2cncc(N(c3ccccc3)c3ccc(F)c(F)c3)n2)CC1. The Morgan fingerprint density at radius 2 is 0.905 bits per heavy atom. The van der Waals surface area contributed by atoms with Gasteiger partial charge in [-0.1, -0.05) is 54.6 Å². The first-order valence-electron chi connectivity index (χ1n) is 30.0. The van der Waals surface area contributed by atoms with Gasteiger partial charge in [-0.05, 0) is 149 Å². The van der Waals surface area contributed by atoms with Gasteiger partial charge in [0, 0.05) is 72.8 Å². The number of rotatable bonds is 18. The Morgan fingerprint density at radius 3 is 1.31 bits per heavy atom. The minimum absolute atomic E-state index is 0. The van der Waals surface area contributed by atoms with Crippen molar-refractivity contribution >= 4 is 99.0 Å². The molecule has 0 atom stereocenters. The normalized spacial score (nSPS) is 13.1. The van der Waals surface area contributed by atoms with Crippen LogP contribution in [0.5, 0.6) is 0 Å². The standard InChI is InChI=1S/C28H32F2N4O3.C24H24F2N4O3.C12H9F2N.C6H5F2N.HI/c1-28(2,3)37-27(35)19-36-18-20-11-13-33(14-12-20)25-16-31-17-26(32-25)34(21-7-5-4-6-8-21)22-9-10-23(29)24(30)15-22;25-20-7-6-19(12-21(20)26)30(18-4-2-1-3-5-18)23-14-27-13-22(28-23)29-10-8-17(9-11-29)15-33-16-24(31)32;13-11-7-6-10(8-12(11)14)15-9-4-2-1-3-5-9;7-5-2-1-4(9)3-6(5)8;/h4-10,15-17,20H,11-14,18-19H2,1-3H3;1-7,12-14,17H,8-11,15-16H2,(H,31,32);1-8,15H;1-3H,9H2;1H. The van der Waals surface area contributed by atoms with E-state index in [2.05, 4.69) is 25.1 Å². The van der Waals surface area contributed by atoms with E-state index in [0.717, 1.165) is 117 Å². The molecule has 0 bridgehead atoms. The number of ether oxygens (including phenoxy) is 3. The Kier molecular flexibility index (Phi) is 27.4. The van der Waals surface area contributed by atoms with Crippen LogP contribution >= 0.6 is 24.0 Å². The van der Waals surface area contributed by atoms with E-state index < -0.39 is 58.1 Å². The molecule has 0 aliphatic carbocycles. The van der Waals surface area contributed by atoms with Crippen LogP contribution in [0.25, 0.3) is 0 Å². The number of nitrogens with one attached hydrogen (secondary N) is 1. The molecule has 2 aliphatic heterocycles. The summed E-state index contributed by atoms with van der Waals surface area (Å²) < 4.78 is 121. The van der Waals surface area contributed by atoms with Crippen LogP contribution < -0.4 is 30.7 Å². The number of carboxylic acids is 1. The average molecular weight is 1430 g/mol. The number of halogens is 9. The summed E-state index contributed by atoms with van der Waals surface area (Å²) in [5, 5.41) is 11.7. The van der Waals surface area contributed by atoms with E-state index in [4.69, 9.17) is 35.0 Å². The van der Waals surface area contributed by atoms with Gasteiger partial charge in [-0.2, -0.15) is 0 Å². The van der Waals surface area contributed by atoms with E-state index >= 15 is 0 Å². The Morgan fingerprint density at radius 1 is 0.505 bits per heavy atom.